The first-order valence-electron chi connectivity index (χ1n) is 8.71. The van der Waals surface area contributed by atoms with Crippen molar-refractivity contribution < 1.29 is 0 Å². The zero-order valence-corrected chi connectivity index (χ0v) is 14.4. The second kappa shape index (κ2) is 9.21. The summed E-state index contributed by atoms with van der Waals surface area (Å²) >= 11 is 0. The van der Waals surface area contributed by atoms with Crippen LogP contribution < -0.4 is 0 Å². The largest absolute Gasteiger partial charge is 0.0654 e. The van der Waals surface area contributed by atoms with Gasteiger partial charge in [-0.2, -0.15) is 0 Å². The van der Waals surface area contributed by atoms with Crippen LogP contribution in [0.3, 0.4) is 0 Å². The summed E-state index contributed by atoms with van der Waals surface area (Å²) in [6.45, 7) is 11.5. The fourth-order valence-corrected chi connectivity index (χ4v) is 3.16. The molecule has 0 amide bonds. The summed E-state index contributed by atoms with van der Waals surface area (Å²) in [6, 6.07) is 4.88. The molecule has 114 valence electrons. The van der Waals surface area contributed by atoms with Crippen LogP contribution in [-0.4, -0.2) is 0 Å². The van der Waals surface area contributed by atoms with Crippen molar-refractivity contribution in [2.45, 2.75) is 86.0 Å². The van der Waals surface area contributed by atoms with E-state index in [-0.39, 0.29) is 0 Å². The van der Waals surface area contributed by atoms with Gasteiger partial charge in [0.05, 0.1) is 0 Å². The highest BCUT2D eigenvalue weighted by Crippen LogP contribution is 2.23. The van der Waals surface area contributed by atoms with Gasteiger partial charge in [0, 0.05) is 0 Å². The van der Waals surface area contributed by atoms with Crippen LogP contribution in [0.1, 0.15) is 81.5 Å². The predicted octanol–water partition coefficient (Wildman–Crippen LogP) is 6.40. The van der Waals surface area contributed by atoms with E-state index in [0.29, 0.717) is 0 Å². The fourth-order valence-electron chi connectivity index (χ4n) is 3.16. The van der Waals surface area contributed by atoms with Gasteiger partial charge in [0.25, 0.3) is 0 Å². The quantitative estimate of drug-likeness (QED) is 0.488. The average molecular weight is 274 g/mol. The molecule has 0 aromatic heterocycles. The Balaban J connectivity index is 2.68. The summed E-state index contributed by atoms with van der Waals surface area (Å²) < 4.78 is 0. The molecule has 0 nitrogen and oxygen atoms in total. The third-order valence-electron chi connectivity index (χ3n) is 4.68. The molecule has 0 heterocycles. The van der Waals surface area contributed by atoms with Gasteiger partial charge < -0.3 is 0 Å². The van der Waals surface area contributed by atoms with Gasteiger partial charge in [-0.15, -0.1) is 0 Å². The van der Waals surface area contributed by atoms with Gasteiger partial charge in [0.15, 0.2) is 0 Å². The van der Waals surface area contributed by atoms with E-state index in [1.165, 1.54) is 62.5 Å². The van der Waals surface area contributed by atoms with Crippen LogP contribution in [0.4, 0.5) is 0 Å². The number of unbranched alkanes of at least 4 members (excludes halogenated alkanes) is 1. The Labute approximate surface area is 127 Å². The van der Waals surface area contributed by atoms with Crippen molar-refractivity contribution in [1.29, 1.82) is 0 Å². The van der Waals surface area contributed by atoms with Crippen LogP contribution in [-0.2, 0) is 12.8 Å². The number of aryl methyl sites for hydroxylation is 4. The summed E-state index contributed by atoms with van der Waals surface area (Å²) in [4.78, 5) is 0. The first-order valence-corrected chi connectivity index (χ1v) is 8.71. The van der Waals surface area contributed by atoms with Crippen LogP contribution in [0.5, 0.6) is 0 Å². The summed E-state index contributed by atoms with van der Waals surface area (Å²) in [7, 11) is 0. The van der Waals surface area contributed by atoms with Crippen molar-refractivity contribution in [2.24, 2.45) is 5.92 Å². The van der Waals surface area contributed by atoms with E-state index < -0.39 is 0 Å². The maximum absolute atomic E-state index is 2.49. The van der Waals surface area contributed by atoms with Gasteiger partial charge in [0.2, 0.25) is 0 Å². The van der Waals surface area contributed by atoms with E-state index in [0.717, 1.165) is 5.92 Å². The minimum absolute atomic E-state index is 0.922. The molecule has 1 atom stereocenters. The second-order valence-corrected chi connectivity index (χ2v) is 6.41. The van der Waals surface area contributed by atoms with Crippen LogP contribution in [0.15, 0.2) is 12.1 Å². The van der Waals surface area contributed by atoms with Gasteiger partial charge in [-0.1, -0.05) is 65.0 Å². The third kappa shape index (κ3) is 5.31. The van der Waals surface area contributed by atoms with Crippen molar-refractivity contribution in [1.82, 2.24) is 0 Å². The molecule has 1 aromatic rings. The zero-order chi connectivity index (χ0) is 15.0. The zero-order valence-electron chi connectivity index (χ0n) is 14.4. The van der Waals surface area contributed by atoms with Crippen LogP contribution in [0.25, 0.3) is 0 Å². The molecule has 0 aliphatic carbocycles. The van der Waals surface area contributed by atoms with Crippen molar-refractivity contribution in [3.8, 4) is 0 Å². The maximum Gasteiger partial charge on any atom is -0.0274 e. The molecular weight excluding hydrogens is 240 g/mol. The Morgan fingerprint density at radius 1 is 0.800 bits per heavy atom. The standard InChI is InChI=1S/C20H34/c1-6-9-11-18(8-3)12-13-20-15-19(10-7-2)16(4)14-17(20)5/h14-15,18H,6-13H2,1-5H3. The molecule has 0 aliphatic rings. The van der Waals surface area contributed by atoms with E-state index in [4.69, 9.17) is 0 Å². The van der Waals surface area contributed by atoms with E-state index in [1.807, 2.05) is 0 Å². The molecule has 0 saturated heterocycles. The van der Waals surface area contributed by atoms with Gasteiger partial charge in [-0.25, -0.2) is 0 Å². The first kappa shape index (κ1) is 17.3. The van der Waals surface area contributed by atoms with Crippen LogP contribution in [0.2, 0.25) is 0 Å². The molecule has 0 fully saturated rings. The van der Waals surface area contributed by atoms with E-state index in [2.05, 4.69) is 46.8 Å². The second-order valence-electron chi connectivity index (χ2n) is 6.41. The number of benzene rings is 1. The minimum atomic E-state index is 0.922. The maximum atomic E-state index is 2.49. The minimum Gasteiger partial charge on any atom is -0.0654 e. The molecule has 1 unspecified atom stereocenters. The van der Waals surface area contributed by atoms with Gasteiger partial charge in [-0.3, -0.25) is 0 Å². The lowest BCUT2D eigenvalue weighted by Crippen LogP contribution is -2.03. The van der Waals surface area contributed by atoms with E-state index >= 15 is 0 Å². The number of hydrogen-bond acceptors (Lipinski definition) is 0. The molecular formula is C20H34. The smallest absolute Gasteiger partial charge is 0.0274 e. The van der Waals surface area contributed by atoms with Gasteiger partial charge >= 0.3 is 0 Å². The SMILES string of the molecule is CCCCC(CC)CCc1cc(CCC)c(C)cc1C. The summed E-state index contributed by atoms with van der Waals surface area (Å²) in [5.74, 6) is 0.922. The lowest BCUT2D eigenvalue weighted by Gasteiger charge is -2.17. The van der Waals surface area contributed by atoms with Crippen molar-refractivity contribution in [3.05, 3.63) is 34.4 Å². The molecule has 0 bridgehead atoms. The number of hydrogen-bond donors (Lipinski definition) is 0. The van der Waals surface area contributed by atoms with Crippen molar-refractivity contribution in [2.75, 3.05) is 0 Å². The van der Waals surface area contributed by atoms with Crippen molar-refractivity contribution >= 4 is 0 Å². The Kier molecular flexibility index (Phi) is 7.95. The lowest BCUT2D eigenvalue weighted by molar-refractivity contribution is 0.421. The lowest BCUT2D eigenvalue weighted by atomic mass is 9.89. The molecule has 20 heavy (non-hydrogen) atoms. The third-order valence-corrected chi connectivity index (χ3v) is 4.68. The Bertz CT molecular complexity index is 389. The normalized spacial score (nSPS) is 12.7. The number of rotatable bonds is 9. The molecule has 0 spiro atoms. The van der Waals surface area contributed by atoms with Crippen molar-refractivity contribution in [3.63, 3.8) is 0 Å². The van der Waals surface area contributed by atoms with Gasteiger partial charge in [0.1, 0.15) is 0 Å². The summed E-state index contributed by atoms with van der Waals surface area (Å²) in [6.07, 6.45) is 10.6. The molecule has 0 radical (unpaired) electrons. The molecule has 0 saturated carbocycles. The highest BCUT2D eigenvalue weighted by atomic mass is 14.1. The topological polar surface area (TPSA) is 0 Å². The molecule has 0 N–H and O–H groups in total. The highest BCUT2D eigenvalue weighted by Gasteiger charge is 2.09. The Morgan fingerprint density at radius 3 is 2.00 bits per heavy atom. The van der Waals surface area contributed by atoms with Crippen LogP contribution >= 0.6 is 0 Å². The summed E-state index contributed by atoms with van der Waals surface area (Å²) in [5, 5.41) is 0. The summed E-state index contributed by atoms with van der Waals surface area (Å²) in [5.41, 5.74) is 6.13. The van der Waals surface area contributed by atoms with Crippen LogP contribution in [0, 0.1) is 19.8 Å². The average Bonchev–Trinajstić information content (AvgIpc) is 2.43. The molecule has 0 heteroatoms. The molecule has 1 rings (SSSR count). The molecule has 1 aromatic carbocycles. The van der Waals surface area contributed by atoms with E-state index in [9.17, 15) is 0 Å². The van der Waals surface area contributed by atoms with Gasteiger partial charge in [-0.05, 0) is 61.3 Å². The first-order chi connectivity index (χ1) is 9.62. The fraction of sp³-hybridized carbons (Fsp3) is 0.700. The highest BCUT2D eigenvalue weighted by molar-refractivity contribution is 5.37. The predicted molar refractivity (Wildman–Crippen MR) is 91.5 cm³/mol. The molecule has 0 aliphatic heterocycles. The monoisotopic (exact) mass is 274 g/mol. The Hall–Kier alpha value is -0.780. The van der Waals surface area contributed by atoms with E-state index in [1.54, 1.807) is 11.1 Å². The Morgan fingerprint density at radius 2 is 1.45 bits per heavy atom.